The average molecular weight is 368 g/mol. The molecule has 1 aliphatic heterocycles. The smallest absolute Gasteiger partial charge is 0.349 e. The summed E-state index contributed by atoms with van der Waals surface area (Å²) >= 11 is 6.14. The van der Waals surface area contributed by atoms with Crippen molar-refractivity contribution in [2.75, 3.05) is 0 Å². The Morgan fingerprint density at radius 3 is 2.32 bits per heavy atom. The molecule has 1 unspecified atom stereocenters. The van der Waals surface area contributed by atoms with Gasteiger partial charge < -0.3 is 4.74 Å². The summed E-state index contributed by atoms with van der Waals surface area (Å²) < 4.78 is 5.42. The lowest BCUT2D eigenvalue weighted by atomic mass is 10.0. The number of amides is 4. The predicted octanol–water partition coefficient (Wildman–Crippen LogP) is -0.554. The molecule has 13 heteroatoms. The van der Waals surface area contributed by atoms with Crippen LogP contribution in [-0.4, -0.2) is 29.4 Å². The van der Waals surface area contributed by atoms with Crippen molar-refractivity contribution in [1.29, 1.82) is 5.41 Å². The minimum absolute atomic E-state index is 0.0269. The van der Waals surface area contributed by atoms with Crippen LogP contribution in [0, 0.1) is 5.41 Å². The van der Waals surface area contributed by atoms with Crippen molar-refractivity contribution in [3.63, 3.8) is 0 Å². The van der Waals surface area contributed by atoms with Crippen molar-refractivity contribution in [3.05, 3.63) is 34.9 Å². The first-order chi connectivity index (χ1) is 12.0. The number of hydrogen-bond acceptors (Lipinski definition) is 8. The van der Waals surface area contributed by atoms with E-state index in [1.165, 1.54) is 0 Å². The molecule has 1 heterocycles. The van der Waals surface area contributed by atoms with Gasteiger partial charge in [-0.2, -0.15) is 10.2 Å². The number of nitrogens with one attached hydrogen (secondary N) is 5. The number of hydrazone groups is 2. The number of nitrogens with zero attached hydrogens (tertiary/aromatic N) is 2. The van der Waals surface area contributed by atoms with E-state index in [1.54, 1.807) is 29.7 Å². The zero-order chi connectivity index (χ0) is 18.4. The average Bonchev–Trinajstić information content (AvgIpc) is 2.93. The van der Waals surface area contributed by atoms with Crippen molar-refractivity contribution in [2.24, 2.45) is 21.9 Å². The van der Waals surface area contributed by atoms with Gasteiger partial charge in [0.15, 0.2) is 11.8 Å². The molecule has 0 aromatic heterocycles. The Morgan fingerprint density at radius 1 is 1.12 bits per heavy atom. The standard InChI is InChI=1S/C12H14ClN9O3/c13-6-4-2-1-3-5(6)9-7(19-21-11(23)17-15)8(10(14)25-9)20-22-12(24)18-16/h1-4,9,14H,15-16H2,(H2,17,21,23)(H2,18,22,24)/b14-10?,19-7-,20-8+. The largest absolute Gasteiger partial charge is 0.461 e. The van der Waals surface area contributed by atoms with Crippen LogP contribution in [0.25, 0.3) is 0 Å². The molecule has 4 amide bonds. The lowest BCUT2D eigenvalue weighted by molar-refractivity contribution is 0.240. The van der Waals surface area contributed by atoms with E-state index in [0.29, 0.717) is 10.6 Å². The first kappa shape index (κ1) is 18.1. The minimum atomic E-state index is -0.930. The molecule has 2 rings (SSSR count). The SMILES string of the molecule is N=C1OC(c2ccccc2Cl)C(=N\NC(=O)NN)/C1=N\NC(=O)NN. The Labute approximate surface area is 146 Å². The maximum Gasteiger partial charge on any atom is 0.349 e. The first-order valence-corrected chi connectivity index (χ1v) is 7.04. The summed E-state index contributed by atoms with van der Waals surface area (Å²) in [5.41, 5.74) is 8.16. The van der Waals surface area contributed by atoms with E-state index >= 15 is 0 Å². The predicted molar refractivity (Wildman–Crippen MR) is 89.6 cm³/mol. The second-order valence-electron chi connectivity index (χ2n) is 4.48. The van der Waals surface area contributed by atoms with Crippen LogP contribution in [0.15, 0.2) is 34.5 Å². The molecule has 132 valence electrons. The highest BCUT2D eigenvalue weighted by molar-refractivity contribution is 6.69. The zero-order valence-electron chi connectivity index (χ0n) is 12.5. The fourth-order valence-corrected chi connectivity index (χ4v) is 2.11. The highest BCUT2D eigenvalue weighted by atomic mass is 35.5. The van der Waals surface area contributed by atoms with Crippen molar-refractivity contribution < 1.29 is 14.3 Å². The number of ether oxygens (including phenoxy) is 1. The Morgan fingerprint density at radius 2 is 1.72 bits per heavy atom. The van der Waals surface area contributed by atoms with Crippen molar-refractivity contribution >= 4 is 41.0 Å². The van der Waals surface area contributed by atoms with Crippen LogP contribution in [-0.2, 0) is 4.74 Å². The third-order valence-corrected chi connectivity index (χ3v) is 3.28. The summed E-state index contributed by atoms with van der Waals surface area (Å²) in [6.45, 7) is 0. The minimum Gasteiger partial charge on any atom is -0.461 e. The summed E-state index contributed by atoms with van der Waals surface area (Å²) in [5.74, 6) is 9.51. The number of benzene rings is 1. The number of halogens is 1. The molecule has 0 radical (unpaired) electrons. The van der Waals surface area contributed by atoms with Crippen LogP contribution in [0.4, 0.5) is 9.59 Å². The normalized spacial score (nSPS) is 19.5. The molecule has 1 aromatic rings. The highest BCUT2D eigenvalue weighted by Gasteiger charge is 2.38. The van der Waals surface area contributed by atoms with E-state index in [9.17, 15) is 9.59 Å². The molecule has 0 saturated carbocycles. The molecule has 0 spiro atoms. The van der Waals surface area contributed by atoms with Gasteiger partial charge >= 0.3 is 12.1 Å². The third-order valence-electron chi connectivity index (χ3n) is 2.94. The Balaban J connectivity index is 2.42. The van der Waals surface area contributed by atoms with Crippen LogP contribution < -0.4 is 33.4 Å². The van der Waals surface area contributed by atoms with Gasteiger partial charge in [0, 0.05) is 10.6 Å². The first-order valence-electron chi connectivity index (χ1n) is 6.66. The van der Waals surface area contributed by atoms with Crippen molar-refractivity contribution in [2.45, 2.75) is 6.10 Å². The van der Waals surface area contributed by atoms with Gasteiger partial charge in [-0.1, -0.05) is 29.8 Å². The summed E-state index contributed by atoms with van der Waals surface area (Å²) in [7, 11) is 0. The number of nitrogens with two attached hydrogens (primary N) is 2. The van der Waals surface area contributed by atoms with Crippen LogP contribution in [0.5, 0.6) is 0 Å². The number of carbonyl (C=O) groups excluding carboxylic acids is 2. The van der Waals surface area contributed by atoms with Gasteiger partial charge in [-0.3, -0.25) is 16.3 Å². The van der Waals surface area contributed by atoms with Gasteiger partial charge in [0.1, 0.15) is 5.71 Å². The second-order valence-corrected chi connectivity index (χ2v) is 4.88. The quantitative estimate of drug-likeness (QED) is 0.213. The number of hydrazine groups is 2. The van der Waals surface area contributed by atoms with Gasteiger partial charge in [0.25, 0.3) is 0 Å². The zero-order valence-corrected chi connectivity index (χ0v) is 13.3. The third kappa shape index (κ3) is 4.20. The van der Waals surface area contributed by atoms with E-state index in [0.717, 1.165) is 0 Å². The molecule has 1 atom stereocenters. The second kappa shape index (κ2) is 8.05. The highest BCUT2D eigenvalue weighted by Crippen LogP contribution is 2.31. The van der Waals surface area contributed by atoms with E-state index in [2.05, 4.69) is 15.6 Å². The number of hydrogen-bond donors (Lipinski definition) is 7. The van der Waals surface area contributed by atoms with Gasteiger partial charge in [0.05, 0.1) is 0 Å². The molecular formula is C12H14ClN9O3. The monoisotopic (exact) mass is 367 g/mol. The van der Waals surface area contributed by atoms with E-state index in [4.69, 9.17) is 33.4 Å². The van der Waals surface area contributed by atoms with Crippen LogP contribution in [0.3, 0.4) is 0 Å². The van der Waals surface area contributed by atoms with Crippen LogP contribution >= 0.6 is 11.6 Å². The molecule has 1 saturated heterocycles. The Kier molecular flexibility index (Phi) is 5.84. The van der Waals surface area contributed by atoms with Crippen molar-refractivity contribution in [1.82, 2.24) is 21.7 Å². The van der Waals surface area contributed by atoms with Crippen molar-refractivity contribution in [3.8, 4) is 0 Å². The molecular weight excluding hydrogens is 354 g/mol. The summed E-state index contributed by atoms with van der Waals surface area (Å²) in [6.07, 6.45) is -0.930. The number of carbonyl (C=O) groups is 2. The molecule has 0 aliphatic carbocycles. The molecule has 1 fully saturated rings. The van der Waals surface area contributed by atoms with Gasteiger partial charge in [0.2, 0.25) is 5.90 Å². The summed E-state index contributed by atoms with van der Waals surface area (Å²) in [5, 5.41) is 15.8. The fourth-order valence-electron chi connectivity index (χ4n) is 1.87. The number of rotatable bonds is 3. The molecule has 1 aromatic carbocycles. The van der Waals surface area contributed by atoms with Gasteiger partial charge in [-0.25, -0.2) is 32.1 Å². The molecule has 1 aliphatic rings. The van der Waals surface area contributed by atoms with Gasteiger partial charge in [-0.15, -0.1) is 0 Å². The maximum absolute atomic E-state index is 11.3. The van der Waals surface area contributed by atoms with E-state index < -0.39 is 24.1 Å². The van der Waals surface area contributed by atoms with Gasteiger partial charge in [-0.05, 0) is 6.07 Å². The number of urea groups is 2. The molecule has 25 heavy (non-hydrogen) atoms. The lowest BCUT2D eigenvalue weighted by Crippen LogP contribution is -2.39. The maximum atomic E-state index is 11.3. The molecule has 9 N–H and O–H groups in total. The fraction of sp³-hybridized carbons (Fsp3) is 0.0833. The Hall–Kier alpha value is -3.22. The topological polar surface area (TPSA) is 192 Å². The molecule has 12 nitrogen and oxygen atoms in total. The summed E-state index contributed by atoms with van der Waals surface area (Å²) in [4.78, 5) is 22.4. The van der Waals surface area contributed by atoms with Crippen LogP contribution in [0.1, 0.15) is 11.7 Å². The summed E-state index contributed by atoms with van der Waals surface area (Å²) in [6, 6.07) is 5.06. The van der Waals surface area contributed by atoms with E-state index in [-0.39, 0.29) is 11.4 Å². The lowest BCUT2D eigenvalue weighted by Gasteiger charge is -2.12. The van der Waals surface area contributed by atoms with E-state index in [1.807, 2.05) is 10.9 Å². The van der Waals surface area contributed by atoms with Crippen LogP contribution in [0.2, 0.25) is 5.02 Å². The molecule has 0 bridgehead atoms. The Bertz CT molecular complexity index is 764.